The molecule has 1 fully saturated rings. The highest BCUT2D eigenvalue weighted by atomic mass is 32.2. The smallest absolute Gasteiger partial charge is 0.0804 e. The molecule has 2 rings (SSSR count). The molecule has 1 aromatic rings. The van der Waals surface area contributed by atoms with Crippen LogP contribution in [0.2, 0.25) is 0 Å². The van der Waals surface area contributed by atoms with Crippen LogP contribution in [0.15, 0.2) is 12.1 Å². The first-order chi connectivity index (χ1) is 6.77. The summed E-state index contributed by atoms with van der Waals surface area (Å²) < 4.78 is 0.0424. The fourth-order valence-electron chi connectivity index (χ4n) is 1.81. The third-order valence-corrected chi connectivity index (χ3v) is 4.32. The molecule has 0 amide bonds. The molecule has 3 nitrogen and oxygen atoms in total. The Morgan fingerprint density at radius 2 is 2.36 bits per heavy atom. The minimum absolute atomic E-state index is 0.0424. The molecule has 0 bridgehead atoms. The number of thioether (sulfide) groups is 1. The Hall–Kier alpha value is -0.610. The summed E-state index contributed by atoms with van der Waals surface area (Å²) in [6.07, 6.45) is 2.36. The van der Waals surface area contributed by atoms with Crippen LogP contribution in [0.5, 0.6) is 0 Å². The minimum atomic E-state index is 0.0424. The average Bonchev–Trinajstić information content (AvgIpc) is 2.68. The summed E-state index contributed by atoms with van der Waals surface area (Å²) in [6, 6.07) is 4.08. The monoisotopic (exact) mass is 209 g/mol. The van der Waals surface area contributed by atoms with Gasteiger partial charge in [-0.3, -0.25) is 0 Å². The Bertz CT molecular complexity index is 304. The predicted octanol–water partition coefficient (Wildman–Crippen LogP) is 1.47. The first-order valence-corrected chi connectivity index (χ1v) is 5.90. The standard InChI is InChI=1S/C10H15N3S/c1-8-3-4-9(13-12-8)10(7-11)5-2-6-14-10/h3-4H,2,5-7,11H2,1H3. The number of aromatic nitrogens is 2. The van der Waals surface area contributed by atoms with Gasteiger partial charge in [0.1, 0.15) is 0 Å². The van der Waals surface area contributed by atoms with E-state index >= 15 is 0 Å². The molecule has 0 spiro atoms. The van der Waals surface area contributed by atoms with Gasteiger partial charge in [0.05, 0.1) is 16.1 Å². The summed E-state index contributed by atoms with van der Waals surface area (Å²) in [6.45, 7) is 2.61. The number of rotatable bonds is 2. The van der Waals surface area contributed by atoms with E-state index in [1.807, 2.05) is 24.8 Å². The maximum atomic E-state index is 5.85. The Morgan fingerprint density at radius 1 is 1.50 bits per heavy atom. The molecule has 0 aliphatic carbocycles. The minimum Gasteiger partial charge on any atom is -0.329 e. The van der Waals surface area contributed by atoms with Crippen molar-refractivity contribution in [2.45, 2.75) is 24.5 Å². The van der Waals surface area contributed by atoms with Gasteiger partial charge < -0.3 is 5.73 Å². The van der Waals surface area contributed by atoms with Crippen molar-refractivity contribution in [3.63, 3.8) is 0 Å². The van der Waals surface area contributed by atoms with Crippen molar-refractivity contribution in [1.82, 2.24) is 10.2 Å². The number of nitrogens with two attached hydrogens (primary N) is 1. The molecule has 1 atom stereocenters. The second-order valence-corrected chi connectivity index (χ2v) is 5.19. The molecular weight excluding hydrogens is 194 g/mol. The van der Waals surface area contributed by atoms with Crippen LogP contribution in [0.25, 0.3) is 0 Å². The summed E-state index contributed by atoms with van der Waals surface area (Å²) in [5.74, 6) is 1.19. The fraction of sp³-hybridized carbons (Fsp3) is 0.600. The Morgan fingerprint density at radius 3 is 2.86 bits per heavy atom. The van der Waals surface area contributed by atoms with Crippen LogP contribution < -0.4 is 5.73 Å². The lowest BCUT2D eigenvalue weighted by Crippen LogP contribution is -2.30. The molecule has 76 valence electrons. The molecule has 1 aromatic heterocycles. The molecule has 2 heterocycles. The van der Waals surface area contributed by atoms with Gasteiger partial charge in [-0.25, -0.2) is 0 Å². The number of aryl methyl sites for hydroxylation is 1. The molecule has 4 heteroatoms. The molecule has 1 unspecified atom stereocenters. The third-order valence-electron chi connectivity index (χ3n) is 2.70. The molecule has 0 aromatic carbocycles. The van der Waals surface area contributed by atoms with E-state index in [2.05, 4.69) is 16.3 Å². The first-order valence-electron chi connectivity index (χ1n) is 4.92. The molecule has 1 saturated heterocycles. The van der Waals surface area contributed by atoms with Gasteiger partial charge in [0.2, 0.25) is 0 Å². The summed E-state index contributed by atoms with van der Waals surface area (Å²) in [7, 11) is 0. The van der Waals surface area contributed by atoms with E-state index in [0.29, 0.717) is 6.54 Å². The van der Waals surface area contributed by atoms with Gasteiger partial charge in [0, 0.05) is 6.54 Å². The summed E-state index contributed by atoms with van der Waals surface area (Å²) >= 11 is 1.92. The van der Waals surface area contributed by atoms with Crippen molar-refractivity contribution >= 4 is 11.8 Å². The van der Waals surface area contributed by atoms with Crippen LogP contribution in [0.1, 0.15) is 24.2 Å². The van der Waals surface area contributed by atoms with Gasteiger partial charge >= 0.3 is 0 Å². The van der Waals surface area contributed by atoms with E-state index in [4.69, 9.17) is 5.73 Å². The maximum Gasteiger partial charge on any atom is 0.0804 e. The highest BCUT2D eigenvalue weighted by Crippen LogP contribution is 2.44. The molecule has 1 aliphatic rings. The molecule has 2 N–H and O–H groups in total. The van der Waals surface area contributed by atoms with Crippen LogP contribution in [-0.2, 0) is 4.75 Å². The zero-order valence-corrected chi connectivity index (χ0v) is 9.18. The third kappa shape index (κ3) is 1.64. The van der Waals surface area contributed by atoms with Crippen molar-refractivity contribution in [3.8, 4) is 0 Å². The maximum absolute atomic E-state index is 5.85. The predicted molar refractivity (Wildman–Crippen MR) is 59.2 cm³/mol. The Balaban J connectivity index is 2.31. The van der Waals surface area contributed by atoms with E-state index in [0.717, 1.165) is 17.8 Å². The topological polar surface area (TPSA) is 51.8 Å². The quantitative estimate of drug-likeness (QED) is 0.801. The van der Waals surface area contributed by atoms with Gasteiger partial charge in [-0.05, 0) is 37.7 Å². The Labute approximate surface area is 88.5 Å². The second-order valence-electron chi connectivity index (χ2n) is 3.71. The van der Waals surface area contributed by atoms with Crippen molar-refractivity contribution in [2.75, 3.05) is 12.3 Å². The van der Waals surface area contributed by atoms with Gasteiger partial charge in [-0.2, -0.15) is 10.2 Å². The van der Waals surface area contributed by atoms with Crippen LogP contribution in [0.3, 0.4) is 0 Å². The normalized spacial score (nSPS) is 26.7. The van der Waals surface area contributed by atoms with Gasteiger partial charge in [-0.15, -0.1) is 11.8 Å². The van der Waals surface area contributed by atoms with Gasteiger partial charge in [-0.1, -0.05) is 0 Å². The van der Waals surface area contributed by atoms with Crippen LogP contribution in [0.4, 0.5) is 0 Å². The molecule has 1 aliphatic heterocycles. The van der Waals surface area contributed by atoms with Crippen molar-refractivity contribution in [2.24, 2.45) is 5.73 Å². The highest BCUT2D eigenvalue weighted by Gasteiger charge is 2.36. The van der Waals surface area contributed by atoms with Crippen LogP contribution in [0, 0.1) is 6.92 Å². The lowest BCUT2D eigenvalue weighted by Gasteiger charge is -2.24. The van der Waals surface area contributed by atoms with Crippen molar-refractivity contribution in [3.05, 3.63) is 23.5 Å². The van der Waals surface area contributed by atoms with E-state index in [1.54, 1.807) is 0 Å². The SMILES string of the molecule is Cc1ccc(C2(CN)CCCS2)nn1. The lowest BCUT2D eigenvalue weighted by atomic mass is 9.99. The highest BCUT2D eigenvalue weighted by molar-refractivity contribution is 8.00. The summed E-state index contributed by atoms with van der Waals surface area (Å²) in [5.41, 5.74) is 7.86. The number of hydrogen-bond donors (Lipinski definition) is 1. The van der Waals surface area contributed by atoms with Crippen LogP contribution >= 0.6 is 11.8 Å². The second kappa shape index (κ2) is 3.87. The molecule has 0 radical (unpaired) electrons. The summed E-state index contributed by atoms with van der Waals surface area (Å²) in [5, 5.41) is 8.35. The van der Waals surface area contributed by atoms with Gasteiger partial charge in [0.15, 0.2) is 0 Å². The van der Waals surface area contributed by atoms with E-state index in [-0.39, 0.29) is 4.75 Å². The van der Waals surface area contributed by atoms with Crippen molar-refractivity contribution < 1.29 is 0 Å². The zero-order chi connectivity index (χ0) is 10.0. The van der Waals surface area contributed by atoms with E-state index in [1.165, 1.54) is 12.2 Å². The Kier molecular flexibility index (Phi) is 2.74. The molecular formula is C10H15N3S. The van der Waals surface area contributed by atoms with Crippen molar-refractivity contribution in [1.29, 1.82) is 0 Å². The average molecular weight is 209 g/mol. The largest absolute Gasteiger partial charge is 0.329 e. The molecule has 0 saturated carbocycles. The summed E-state index contributed by atoms with van der Waals surface area (Å²) in [4.78, 5) is 0. The lowest BCUT2D eigenvalue weighted by molar-refractivity contribution is 0.573. The number of hydrogen-bond acceptors (Lipinski definition) is 4. The first kappa shape index (κ1) is 9.93. The van der Waals surface area contributed by atoms with E-state index in [9.17, 15) is 0 Å². The molecule has 14 heavy (non-hydrogen) atoms. The zero-order valence-electron chi connectivity index (χ0n) is 8.36. The van der Waals surface area contributed by atoms with E-state index < -0.39 is 0 Å². The van der Waals surface area contributed by atoms with Gasteiger partial charge in [0.25, 0.3) is 0 Å². The fourth-order valence-corrected chi connectivity index (χ4v) is 3.15. The van der Waals surface area contributed by atoms with Crippen LogP contribution in [-0.4, -0.2) is 22.5 Å². The number of nitrogens with zero attached hydrogens (tertiary/aromatic N) is 2.